The van der Waals surface area contributed by atoms with Gasteiger partial charge in [0.2, 0.25) is 0 Å². The van der Waals surface area contributed by atoms with Gasteiger partial charge < -0.3 is 14.4 Å². The van der Waals surface area contributed by atoms with E-state index in [1.54, 1.807) is 11.1 Å². The second-order valence-corrected chi connectivity index (χ2v) is 18.5. The first-order valence-electron chi connectivity index (χ1n) is 22.4. The smallest absolute Gasteiger partial charge is 0.0114 e. The van der Waals surface area contributed by atoms with E-state index in [0.29, 0.717) is 10.8 Å². The van der Waals surface area contributed by atoms with E-state index in [1.807, 2.05) is 6.92 Å². The van der Waals surface area contributed by atoms with Gasteiger partial charge in [0, 0.05) is 0 Å². The summed E-state index contributed by atoms with van der Waals surface area (Å²) < 4.78 is 0. The molecular formula is C58H62Cl2SiZr-4. The third kappa shape index (κ3) is 9.71. The summed E-state index contributed by atoms with van der Waals surface area (Å²) in [4.78, 5) is 0. The summed E-state index contributed by atoms with van der Waals surface area (Å²) in [6, 6.07) is 54.4. The summed E-state index contributed by atoms with van der Waals surface area (Å²) in [5.74, 6) is 2.06. The molecule has 8 aromatic carbocycles. The van der Waals surface area contributed by atoms with Gasteiger partial charge in [-0.05, 0) is 132 Å². The predicted molar refractivity (Wildman–Crippen MR) is 273 cm³/mol. The van der Waals surface area contributed by atoms with Gasteiger partial charge in [-0.1, -0.05) is 115 Å². The molecule has 0 aromatic heterocycles. The molecule has 12 rings (SSSR count). The summed E-state index contributed by atoms with van der Waals surface area (Å²) in [6.45, 7) is 8.56. The van der Waals surface area contributed by atoms with Crippen molar-refractivity contribution in [2.45, 2.75) is 90.4 Å². The van der Waals surface area contributed by atoms with Crippen molar-refractivity contribution in [2.24, 2.45) is 22.7 Å². The van der Waals surface area contributed by atoms with Gasteiger partial charge in [0.1, 0.15) is 0 Å². The second kappa shape index (κ2) is 21.2. The fourth-order valence-corrected chi connectivity index (χ4v) is 12.2. The molecule has 320 valence electrons. The minimum Gasteiger partial charge on any atom is -0.164 e. The SMILES string of the molecule is Cl.Cl.[CH2-]CC.[CH3-].[Si]=[Zr].c1ccc2c(-c3cccc4[cH-]c(CC56CCC(CC5)C6)cc34)cccc2c1.c1ccc2c(-c3cccc4[cH-]c(CC56CCC(CC5)C6)cc34)cccc2c1. The zero-order valence-electron chi connectivity index (χ0n) is 36.7. The fourth-order valence-electron chi connectivity index (χ4n) is 12.2. The van der Waals surface area contributed by atoms with Gasteiger partial charge in [0.15, 0.2) is 0 Å². The Hall–Kier alpha value is -3.26. The van der Waals surface area contributed by atoms with Crippen molar-refractivity contribution in [1.82, 2.24) is 0 Å². The Balaban J connectivity index is 0.000000180. The van der Waals surface area contributed by atoms with Crippen LogP contribution in [0.2, 0.25) is 0 Å². The predicted octanol–water partition coefficient (Wildman–Crippen LogP) is 17.1. The Labute approximate surface area is 401 Å². The molecule has 0 amide bonds. The van der Waals surface area contributed by atoms with E-state index in [0.717, 1.165) is 18.3 Å². The average Bonchev–Trinajstić information content (AvgIpc) is 4.16. The molecule has 0 spiro atoms. The summed E-state index contributed by atoms with van der Waals surface area (Å²) >= 11 is 1.36. The molecule has 4 bridgehead atoms. The molecule has 0 saturated heterocycles. The molecule has 4 heteroatoms. The molecule has 0 atom stereocenters. The summed E-state index contributed by atoms with van der Waals surface area (Å²) in [5, 5.41) is 11.0. The Morgan fingerprint density at radius 2 is 0.839 bits per heavy atom. The van der Waals surface area contributed by atoms with Crippen molar-refractivity contribution in [3.63, 3.8) is 0 Å². The standard InChI is InChI=1S/2C27H25.C3H7.CH3.2ClH.Si.Zr/c2*1-2-8-23-21(5-1)6-3-9-24(23)25-10-4-7-22-15-20(16-26(22)25)18-27-13-11-19(17-27)12-14-27;1-3-2;;;;;/h2*1-10,15-16,19H,11-14,17-18H2;1,3H2,2H3;1H3;2*1H;;/q4*-1;;;;. The third-order valence-electron chi connectivity index (χ3n) is 14.7. The van der Waals surface area contributed by atoms with Crippen molar-refractivity contribution in [1.29, 1.82) is 0 Å². The fraction of sp³-hybridized carbons (Fsp3) is 0.310. The van der Waals surface area contributed by atoms with E-state index in [1.165, 1.54) is 166 Å². The molecule has 4 saturated carbocycles. The monoisotopic (exact) mass is 946 g/mol. The number of rotatable bonds is 6. The first kappa shape index (κ1) is 48.2. The minimum absolute atomic E-state index is 0. The van der Waals surface area contributed by atoms with E-state index in [4.69, 9.17) is 0 Å². The quantitative estimate of drug-likeness (QED) is 0.115. The topological polar surface area (TPSA) is 0 Å². The first-order valence-corrected chi connectivity index (χ1v) is 26.6. The van der Waals surface area contributed by atoms with E-state index >= 15 is 0 Å². The molecule has 0 heterocycles. The second-order valence-electron chi connectivity index (χ2n) is 18.5. The molecule has 0 aliphatic heterocycles. The Morgan fingerprint density at radius 1 is 0.516 bits per heavy atom. The largest absolute Gasteiger partial charge is 0.164 e. The van der Waals surface area contributed by atoms with Crippen LogP contribution in [-0.2, 0) is 36.2 Å². The molecule has 8 aromatic rings. The van der Waals surface area contributed by atoms with Crippen LogP contribution in [-0.4, -0.2) is 6.88 Å². The van der Waals surface area contributed by atoms with Gasteiger partial charge >= 0.3 is 30.2 Å². The van der Waals surface area contributed by atoms with Gasteiger partial charge in [-0.2, -0.15) is 18.6 Å². The van der Waals surface area contributed by atoms with E-state index < -0.39 is 0 Å². The van der Waals surface area contributed by atoms with Crippen LogP contribution >= 0.6 is 24.8 Å². The van der Waals surface area contributed by atoms with Gasteiger partial charge in [0.05, 0.1) is 0 Å². The summed E-state index contributed by atoms with van der Waals surface area (Å²) in [7, 11) is 0. The van der Waals surface area contributed by atoms with Gasteiger partial charge in [0.25, 0.3) is 0 Å². The average molecular weight is 949 g/mol. The third-order valence-corrected chi connectivity index (χ3v) is 14.7. The number of fused-ring (bicyclic) bond motifs is 8. The zero-order valence-corrected chi connectivity index (χ0v) is 41.8. The van der Waals surface area contributed by atoms with Crippen molar-refractivity contribution in [3.05, 3.63) is 171 Å². The van der Waals surface area contributed by atoms with Crippen LogP contribution in [0.4, 0.5) is 0 Å². The molecule has 0 N–H and O–H groups in total. The number of hydrogen-bond acceptors (Lipinski definition) is 0. The summed E-state index contributed by atoms with van der Waals surface area (Å²) in [5.41, 5.74) is 9.82. The molecular weight excluding hydrogens is 887 g/mol. The van der Waals surface area contributed by atoms with Crippen LogP contribution in [0.15, 0.2) is 146 Å². The Morgan fingerprint density at radius 3 is 1.19 bits per heavy atom. The van der Waals surface area contributed by atoms with E-state index in [-0.39, 0.29) is 32.2 Å². The summed E-state index contributed by atoms with van der Waals surface area (Å²) in [6.07, 6.45) is 18.2. The molecule has 0 unspecified atom stereocenters. The maximum atomic E-state index is 3.49. The minimum atomic E-state index is 0. The van der Waals surface area contributed by atoms with Gasteiger partial charge in [-0.15, -0.1) is 93.9 Å². The number of halogens is 2. The maximum absolute atomic E-state index is 3.49. The van der Waals surface area contributed by atoms with E-state index in [9.17, 15) is 0 Å². The van der Waals surface area contributed by atoms with Crippen molar-refractivity contribution < 1.29 is 23.3 Å². The van der Waals surface area contributed by atoms with Crippen molar-refractivity contribution >= 4 is 74.8 Å². The van der Waals surface area contributed by atoms with Gasteiger partial charge in [-0.25, -0.2) is 0 Å². The normalized spacial score (nSPS) is 21.4. The van der Waals surface area contributed by atoms with Crippen LogP contribution in [0.25, 0.3) is 65.3 Å². The molecule has 62 heavy (non-hydrogen) atoms. The first-order chi connectivity index (χ1) is 29.0. The van der Waals surface area contributed by atoms with Crippen LogP contribution in [0.3, 0.4) is 0 Å². The zero-order chi connectivity index (χ0) is 40.4. The van der Waals surface area contributed by atoms with Crippen molar-refractivity contribution in [2.75, 3.05) is 0 Å². The van der Waals surface area contributed by atoms with Crippen LogP contribution in [0.1, 0.15) is 88.7 Å². The number of benzene rings is 6. The van der Waals surface area contributed by atoms with Crippen LogP contribution < -0.4 is 0 Å². The molecule has 4 aliphatic rings. The maximum Gasteiger partial charge on any atom is -0.0114 e. The van der Waals surface area contributed by atoms with E-state index in [2.05, 4.69) is 159 Å². The number of hydrogen-bond donors (Lipinski definition) is 0. The van der Waals surface area contributed by atoms with Gasteiger partial charge in [-0.3, -0.25) is 0 Å². The molecule has 0 nitrogen and oxygen atoms in total. The molecule has 4 fully saturated rings. The van der Waals surface area contributed by atoms with Crippen molar-refractivity contribution in [3.8, 4) is 22.3 Å². The molecule has 2 radical (unpaired) electrons. The van der Waals surface area contributed by atoms with Crippen LogP contribution in [0.5, 0.6) is 0 Å². The van der Waals surface area contributed by atoms with Crippen LogP contribution in [0, 0.1) is 37.0 Å². The molecule has 4 aliphatic carbocycles. The Bertz CT molecular complexity index is 2510. The Kier molecular flexibility index (Phi) is 16.4.